The summed E-state index contributed by atoms with van der Waals surface area (Å²) >= 11 is 0. The fraction of sp³-hybridized carbons (Fsp3) is 0.281. The average Bonchev–Trinajstić information content (AvgIpc) is 3.80. The summed E-state index contributed by atoms with van der Waals surface area (Å²) in [6.07, 6.45) is 3.61. The molecule has 1 amide bonds. The van der Waals surface area contributed by atoms with Crippen LogP contribution < -0.4 is 14.2 Å². The molecule has 5 aromatic rings. The van der Waals surface area contributed by atoms with Crippen LogP contribution in [0.2, 0.25) is 0 Å². The van der Waals surface area contributed by atoms with E-state index in [4.69, 9.17) is 27.8 Å². The Morgan fingerprint density at radius 1 is 0.977 bits per heavy atom. The second kappa shape index (κ2) is 12.9. The number of furan rings is 1. The fourth-order valence-corrected chi connectivity index (χ4v) is 4.82. The summed E-state index contributed by atoms with van der Waals surface area (Å²) in [4.78, 5) is 19.3. The van der Waals surface area contributed by atoms with E-state index in [2.05, 4.69) is 10.1 Å². The molecule has 0 bridgehead atoms. The Balaban J connectivity index is 1.16. The molecule has 1 aliphatic heterocycles. The van der Waals surface area contributed by atoms with Gasteiger partial charge in [-0.2, -0.15) is 0 Å². The Bertz CT molecular complexity index is 1650. The van der Waals surface area contributed by atoms with Gasteiger partial charge in [-0.1, -0.05) is 24.3 Å². The third-order valence-corrected chi connectivity index (χ3v) is 6.99. The molecule has 0 aliphatic carbocycles. The smallest absolute Gasteiger partial charge is 0.237 e. The Hall–Kier alpha value is -5.03. The lowest BCUT2D eigenvalue weighted by molar-refractivity contribution is -0.134. The van der Waals surface area contributed by atoms with Crippen molar-refractivity contribution in [3.63, 3.8) is 0 Å². The van der Waals surface area contributed by atoms with Gasteiger partial charge in [-0.25, -0.2) is 9.67 Å². The van der Waals surface area contributed by atoms with Gasteiger partial charge in [-0.05, 0) is 42.0 Å². The van der Waals surface area contributed by atoms with Crippen molar-refractivity contribution < 1.29 is 32.6 Å². The number of aryl methyl sites for hydroxylation is 1. The zero-order chi connectivity index (χ0) is 29.6. The standard InChI is InChI=1S/C32H32N4O7/c1-22-33-26(31(43-22)28-9-6-14-40-28)21-41-27-11-10-23(17-29(27)38-2)20-42-32-24(18-30(37)35-12-15-39-16-13-35)19-36(34-32)25-7-4-3-5-8-25/h3-11,14,17,19H,12-13,15-16,18,20-21H2,1-2H3. The highest BCUT2D eigenvalue weighted by Crippen LogP contribution is 2.32. The van der Waals surface area contributed by atoms with E-state index in [0.717, 1.165) is 11.3 Å². The first-order valence-electron chi connectivity index (χ1n) is 14.0. The van der Waals surface area contributed by atoms with Gasteiger partial charge in [0.2, 0.25) is 11.8 Å². The van der Waals surface area contributed by atoms with E-state index in [9.17, 15) is 4.79 Å². The molecule has 43 heavy (non-hydrogen) atoms. The quantitative estimate of drug-likeness (QED) is 0.212. The fourth-order valence-electron chi connectivity index (χ4n) is 4.82. The Morgan fingerprint density at radius 2 is 1.81 bits per heavy atom. The number of amides is 1. The summed E-state index contributed by atoms with van der Waals surface area (Å²) in [5.41, 5.74) is 3.05. The van der Waals surface area contributed by atoms with Gasteiger partial charge < -0.3 is 32.7 Å². The summed E-state index contributed by atoms with van der Waals surface area (Å²) in [7, 11) is 1.58. The number of hydrogen-bond acceptors (Lipinski definition) is 9. The molecule has 11 heteroatoms. The van der Waals surface area contributed by atoms with E-state index in [1.54, 1.807) is 31.0 Å². The van der Waals surface area contributed by atoms with Crippen molar-refractivity contribution in [2.75, 3.05) is 33.4 Å². The van der Waals surface area contributed by atoms with Gasteiger partial charge in [-0.3, -0.25) is 4.79 Å². The number of morpholine rings is 1. The van der Waals surface area contributed by atoms with Crippen LogP contribution in [-0.4, -0.2) is 59.0 Å². The van der Waals surface area contributed by atoms with Crippen LogP contribution in [0.4, 0.5) is 0 Å². The van der Waals surface area contributed by atoms with Crippen LogP contribution in [0.1, 0.15) is 22.7 Å². The van der Waals surface area contributed by atoms with Crippen molar-refractivity contribution in [3.05, 3.63) is 95.8 Å². The minimum absolute atomic E-state index is 0.0152. The molecule has 3 aromatic heterocycles. The first-order valence-corrected chi connectivity index (χ1v) is 14.0. The molecule has 0 saturated carbocycles. The van der Waals surface area contributed by atoms with Crippen molar-refractivity contribution in [1.29, 1.82) is 0 Å². The second-order valence-corrected chi connectivity index (χ2v) is 9.96. The van der Waals surface area contributed by atoms with Gasteiger partial charge in [-0.15, -0.1) is 5.10 Å². The van der Waals surface area contributed by atoms with Gasteiger partial charge in [0.25, 0.3) is 0 Å². The van der Waals surface area contributed by atoms with E-state index in [-0.39, 0.29) is 25.5 Å². The Labute approximate surface area is 248 Å². The number of aromatic nitrogens is 3. The Kier molecular flexibility index (Phi) is 8.41. The van der Waals surface area contributed by atoms with E-state index in [1.165, 1.54) is 0 Å². The van der Waals surface area contributed by atoms with Crippen LogP contribution >= 0.6 is 0 Å². The van der Waals surface area contributed by atoms with Crippen LogP contribution in [0.25, 0.3) is 17.2 Å². The molecule has 11 nitrogen and oxygen atoms in total. The van der Waals surface area contributed by atoms with Gasteiger partial charge in [0.15, 0.2) is 28.9 Å². The summed E-state index contributed by atoms with van der Waals surface area (Å²) in [6.45, 7) is 4.40. The maximum absolute atomic E-state index is 13.0. The van der Waals surface area contributed by atoms with Gasteiger partial charge >= 0.3 is 0 Å². The molecule has 0 radical (unpaired) electrons. The molecule has 0 unspecified atom stereocenters. The number of ether oxygens (including phenoxy) is 4. The van der Waals surface area contributed by atoms with Crippen LogP contribution in [0.15, 0.2) is 82.0 Å². The van der Waals surface area contributed by atoms with E-state index in [0.29, 0.717) is 72.4 Å². The normalized spacial score (nSPS) is 13.2. The third-order valence-electron chi connectivity index (χ3n) is 6.99. The lowest BCUT2D eigenvalue weighted by Gasteiger charge is -2.26. The Morgan fingerprint density at radius 3 is 2.58 bits per heavy atom. The van der Waals surface area contributed by atoms with Crippen molar-refractivity contribution in [3.8, 4) is 34.6 Å². The van der Waals surface area contributed by atoms with E-state index < -0.39 is 0 Å². The first-order chi connectivity index (χ1) is 21.1. The zero-order valence-electron chi connectivity index (χ0n) is 24.0. The highest BCUT2D eigenvalue weighted by atomic mass is 16.5. The summed E-state index contributed by atoms with van der Waals surface area (Å²) in [5, 5.41) is 4.67. The lowest BCUT2D eigenvalue weighted by atomic mass is 10.2. The molecule has 1 aliphatic rings. The predicted octanol–water partition coefficient (Wildman–Crippen LogP) is 5.00. The van der Waals surface area contributed by atoms with Crippen LogP contribution in [0.3, 0.4) is 0 Å². The molecule has 0 N–H and O–H groups in total. The summed E-state index contributed by atoms with van der Waals surface area (Å²) in [6, 6.07) is 18.9. The molecule has 1 fully saturated rings. The number of methoxy groups -OCH3 is 1. The molecule has 0 atom stereocenters. The lowest BCUT2D eigenvalue weighted by Crippen LogP contribution is -2.41. The monoisotopic (exact) mass is 584 g/mol. The number of hydrogen-bond donors (Lipinski definition) is 0. The maximum atomic E-state index is 13.0. The van der Waals surface area contributed by atoms with Crippen molar-refractivity contribution in [2.45, 2.75) is 26.6 Å². The number of rotatable bonds is 11. The number of benzene rings is 2. The molecular formula is C32H32N4O7. The van der Waals surface area contributed by atoms with E-state index >= 15 is 0 Å². The number of nitrogens with zero attached hydrogens (tertiary/aromatic N) is 4. The molecule has 0 spiro atoms. The molecule has 6 rings (SSSR count). The third kappa shape index (κ3) is 6.57. The molecule has 4 heterocycles. The average molecular weight is 585 g/mol. The highest BCUT2D eigenvalue weighted by molar-refractivity contribution is 5.79. The number of oxazole rings is 1. The minimum Gasteiger partial charge on any atom is -0.493 e. The summed E-state index contributed by atoms with van der Waals surface area (Å²) < 4.78 is 36.2. The maximum Gasteiger partial charge on any atom is 0.237 e. The molecule has 2 aromatic carbocycles. The second-order valence-electron chi connectivity index (χ2n) is 9.96. The molecular weight excluding hydrogens is 552 g/mol. The van der Waals surface area contributed by atoms with Gasteiger partial charge in [0.05, 0.1) is 38.7 Å². The topological polar surface area (TPSA) is 114 Å². The van der Waals surface area contributed by atoms with Crippen LogP contribution in [0.5, 0.6) is 17.4 Å². The highest BCUT2D eigenvalue weighted by Gasteiger charge is 2.22. The van der Waals surface area contributed by atoms with Crippen molar-refractivity contribution in [2.24, 2.45) is 0 Å². The summed E-state index contributed by atoms with van der Waals surface area (Å²) in [5.74, 6) is 3.13. The number of carbonyl (C=O) groups is 1. The van der Waals surface area contributed by atoms with Crippen molar-refractivity contribution in [1.82, 2.24) is 19.7 Å². The van der Waals surface area contributed by atoms with E-state index in [1.807, 2.05) is 65.7 Å². The number of para-hydroxylation sites is 1. The minimum atomic E-state index is 0.0152. The molecule has 1 saturated heterocycles. The first kappa shape index (κ1) is 28.1. The number of carbonyl (C=O) groups excluding carboxylic acids is 1. The van der Waals surface area contributed by atoms with Crippen LogP contribution in [-0.2, 0) is 29.2 Å². The van der Waals surface area contributed by atoms with Gasteiger partial charge in [0, 0.05) is 31.8 Å². The zero-order valence-corrected chi connectivity index (χ0v) is 24.0. The van der Waals surface area contributed by atoms with Crippen molar-refractivity contribution >= 4 is 5.91 Å². The predicted molar refractivity (Wildman–Crippen MR) is 155 cm³/mol. The largest absolute Gasteiger partial charge is 0.493 e. The SMILES string of the molecule is COc1cc(COc2nn(-c3ccccc3)cc2CC(=O)N2CCOCC2)ccc1OCc1nc(C)oc1-c1ccco1. The molecule has 222 valence electrons. The van der Waals surface area contributed by atoms with Crippen LogP contribution in [0, 0.1) is 6.92 Å². The van der Waals surface area contributed by atoms with Gasteiger partial charge in [0.1, 0.15) is 18.9 Å².